The van der Waals surface area contributed by atoms with Crippen LogP contribution < -0.4 is 0 Å². The Balaban J connectivity index is -0.000000196. The normalized spacial score (nSPS) is 7.89. The summed E-state index contributed by atoms with van der Waals surface area (Å²) in [6.45, 7) is 8.67. The van der Waals surface area contributed by atoms with Gasteiger partial charge in [-0.25, -0.2) is 0 Å². The molecule has 0 atom stereocenters. The minimum Gasteiger partial charge on any atom is -0.300 e. The van der Waals surface area contributed by atoms with Crippen LogP contribution in [0.5, 0.6) is 0 Å². The maximum absolute atomic E-state index is 10.0. The topological polar surface area (TPSA) is 85.3 Å². The van der Waals surface area contributed by atoms with E-state index in [1.807, 2.05) is 0 Å². The van der Waals surface area contributed by atoms with Crippen molar-refractivity contribution in [2.24, 2.45) is 0 Å². The second-order valence-electron chi connectivity index (χ2n) is 4.07. The fraction of sp³-hybridized carbons (Fsp3) is 0.615. The minimum atomic E-state index is -0.0625. The van der Waals surface area contributed by atoms with E-state index < -0.39 is 0 Å². The first-order chi connectivity index (χ1) is 7.98. The molecule has 0 saturated heterocycles. The van der Waals surface area contributed by atoms with Gasteiger partial charge in [0.2, 0.25) is 0 Å². The first kappa shape index (κ1) is 21.6. The first-order valence-electron chi connectivity index (χ1n) is 5.43. The molecule has 0 fully saturated rings. The zero-order valence-corrected chi connectivity index (χ0v) is 12.0. The van der Waals surface area contributed by atoms with Gasteiger partial charge in [-0.1, -0.05) is 0 Å². The van der Waals surface area contributed by atoms with Crippen LogP contribution in [-0.4, -0.2) is 28.9 Å². The smallest absolute Gasteiger partial charge is 0.137 e. The molecule has 0 amide bonds. The van der Waals surface area contributed by atoms with Gasteiger partial charge in [0.25, 0.3) is 0 Å². The molecule has 0 bridgehead atoms. The summed E-state index contributed by atoms with van der Waals surface area (Å²) >= 11 is 0. The fourth-order valence-electron chi connectivity index (χ4n) is 0.701. The van der Waals surface area contributed by atoms with Crippen LogP contribution in [0.1, 0.15) is 54.4 Å². The van der Waals surface area contributed by atoms with Gasteiger partial charge < -0.3 is 4.79 Å². The van der Waals surface area contributed by atoms with Gasteiger partial charge in [0.1, 0.15) is 28.9 Å². The molecule has 0 rings (SSSR count). The van der Waals surface area contributed by atoms with Crippen molar-refractivity contribution in [3.63, 3.8) is 0 Å². The molecule has 0 aliphatic rings. The Morgan fingerprint density at radius 3 is 0.611 bits per heavy atom. The van der Waals surface area contributed by atoms with E-state index in [2.05, 4.69) is 0 Å². The summed E-state index contributed by atoms with van der Waals surface area (Å²) in [6, 6.07) is 0. The third kappa shape index (κ3) is 63.4. The molecule has 5 nitrogen and oxygen atoms in total. The number of carbonyl (C=O) groups excluding carboxylic acids is 5. The Morgan fingerprint density at radius 2 is 0.611 bits per heavy atom. The molecule has 0 aromatic rings. The monoisotopic (exact) mass is 258 g/mol. The van der Waals surface area contributed by atoms with Crippen LogP contribution in [0.4, 0.5) is 0 Å². The third-order valence-corrected chi connectivity index (χ3v) is 0.996. The lowest BCUT2D eigenvalue weighted by molar-refractivity contribution is -0.126. The number of ketones is 5. The molecule has 0 spiro atoms. The Labute approximate surface area is 108 Å². The average molecular weight is 258 g/mol. The van der Waals surface area contributed by atoms with E-state index in [-0.39, 0.29) is 41.8 Å². The van der Waals surface area contributed by atoms with Gasteiger partial charge >= 0.3 is 0 Å². The molecule has 104 valence electrons. The van der Waals surface area contributed by atoms with E-state index >= 15 is 0 Å². The molecule has 5 heteroatoms. The molecule has 0 aromatic carbocycles. The highest BCUT2D eigenvalue weighted by Gasteiger charge is 1.95. The van der Waals surface area contributed by atoms with Gasteiger partial charge in [0, 0.05) is 0 Å². The lowest BCUT2D eigenvalue weighted by Crippen LogP contribution is -1.97. The Kier molecular flexibility index (Phi) is 16.1. The minimum absolute atomic E-state index is 0.0625. The quantitative estimate of drug-likeness (QED) is 0.716. The predicted molar refractivity (Wildman–Crippen MR) is 68.3 cm³/mol. The van der Waals surface area contributed by atoms with E-state index in [1.165, 1.54) is 41.5 Å². The molecular formula is C13H22O5. The summed E-state index contributed by atoms with van der Waals surface area (Å²) in [6.07, 6.45) is 0.167. The maximum Gasteiger partial charge on any atom is 0.137 e. The number of rotatable bonds is 4. The standard InChI is InChI=1S/2C5H8O2.C3H6O/c2*1-4(6)3-5(2)7;1-3(2)4/h2*3H2,1-2H3;1-2H3. The van der Waals surface area contributed by atoms with Crippen molar-refractivity contribution < 1.29 is 24.0 Å². The van der Waals surface area contributed by atoms with Crippen LogP contribution in [-0.2, 0) is 24.0 Å². The zero-order chi connectivity index (χ0) is 15.3. The summed E-state index contributed by atoms with van der Waals surface area (Å²) in [5.74, 6) is -0.0833. The molecule has 0 saturated carbocycles. The Bertz CT molecular complexity index is 261. The van der Waals surface area contributed by atoms with Crippen LogP contribution in [0.15, 0.2) is 0 Å². The molecule has 0 N–H and O–H groups in total. The summed E-state index contributed by atoms with van der Waals surface area (Å²) in [5.41, 5.74) is 0. The highest BCUT2D eigenvalue weighted by molar-refractivity contribution is 5.97. The largest absolute Gasteiger partial charge is 0.300 e. The molecule has 18 heavy (non-hydrogen) atoms. The van der Waals surface area contributed by atoms with E-state index in [1.54, 1.807) is 0 Å². The lowest BCUT2D eigenvalue weighted by atomic mass is 10.2. The third-order valence-electron chi connectivity index (χ3n) is 0.996. The summed E-state index contributed by atoms with van der Waals surface area (Å²) in [5, 5.41) is 0. The van der Waals surface area contributed by atoms with E-state index in [9.17, 15) is 24.0 Å². The number of Topliss-reactive ketones (excluding diaryl/α,β-unsaturated/α-hetero) is 5. The van der Waals surface area contributed by atoms with Crippen molar-refractivity contribution in [3.05, 3.63) is 0 Å². The number of hydrogen-bond acceptors (Lipinski definition) is 5. The van der Waals surface area contributed by atoms with Crippen LogP contribution in [0.2, 0.25) is 0 Å². The molecule has 0 radical (unpaired) electrons. The van der Waals surface area contributed by atoms with Gasteiger partial charge in [-0.05, 0) is 41.5 Å². The van der Waals surface area contributed by atoms with Crippen molar-refractivity contribution in [3.8, 4) is 0 Å². The van der Waals surface area contributed by atoms with Crippen molar-refractivity contribution in [2.45, 2.75) is 54.4 Å². The van der Waals surface area contributed by atoms with Gasteiger partial charge in [-0.15, -0.1) is 0 Å². The van der Waals surface area contributed by atoms with Gasteiger partial charge in [0.15, 0.2) is 0 Å². The summed E-state index contributed by atoms with van der Waals surface area (Å²) in [4.78, 5) is 49.6. The highest BCUT2D eigenvalue weighted by atomic mass is 16.2. The molecule has 0 aromatic heterocycles. The van der Waals surface area contributed by atoms with Crippen LogP contribution in [0, 0.1) is 0 Å². The van der Waals surface area contributed by atoms with Gasteiger partial charge in [-0.3, -0.25) is 19.2 Å². The molecular weight excluding hydrogens is 236 g/mol. The van der Waals surface area contributed by atoms with Gasteiger partial charge in [0.05, 0.1) is 12.8 Å². The van der Waals surface area contributed by atoms with Crippen molar-refractivity contribution in [1.29, 1.82) is 0 Å². The molecule has 0 aliphatic carbocycles. The average Bonchev–Trinajstić information content (AvgIpc) is 1.96. The van der Waals surface area contributed by atoms with Crippen LogP contribution >= 0.6 is 0 Å². The molecule has 0 unspecified atom stereocenters. The molecule has 0 heterocycles. The Morgan fingerprint density at radius 1 is 0.500 bits per heavy atom. The lowest BCUT2D eigenvalue weighted by Gasteiger charge is -1.81. The van der Waals surface area contributed by atoms with E-state index in [0.717, 1.165) is 0 Å². The SMILES string of the molecule is CC(=O)CC(C)=O.CC(=O)CC(C)=O.CC(C)=O. The number of carbonyl (C=O) groups is 5. The summed E-state index contributed by atoms with van der Waals surface area (Å²) < 4.78 is 0. The van der Waals surface area contributed by atoms with E-state index in [4.69, 9.17) is 0 Å². The second kappa shape index (κ2) is 13.4. The van der Waals surface area contributed by atoms with Crippen LogP contribution in [0.25, 0.3) is 0 Å². The van der Waals surface area contributed by atoms with Crippen molar-refractivity contribution in [1.82, 2.24) is 0 Å². The summed E-state index contributed by atoms with van der Waals surface area (Å²) in [7, 11) is 0. The zero-order valence-electron chi connectivity index (χ0n) is 12.0. The first-order valence-corrected chi connectivity index (χ1v) is 5.43. The highest BCUT2D eigenvalue weighted by Crippen LogP contribution is 1.80. The maximum atomic E-state index is 10.0. The number of hydrogen-bond donors (Lipinski definition) is 0. The molecule has 0 aliphatic heterocycles. The van der Waals surface area contributed by atoms with Gasteiger partial charge in [-0.2, -0.15) is 0 Å². The van der Waals surface area contributed by atoms with E-state index in [0.29, 0.717) is 0 Å². The van der Waals surface area contributed by atoms with Crippen LogP contribution in [0.3, 0.4) is 0 Å². The fourth-order valence-corrected chi connectivity index (χ4v) is 0.701. The van der Waals surface area contributed by atoms with Crippen molar-refractivity contribution >= 4 is 28.9 Å². The Hall–Kier alpha value is -1.65. The predicted octanol–water partition coefficient (Wildman–Crippen LogP) is 1.70. The second-order valence-corrected chi connectivity index (χ2v) is 4.07. The van der Waals surface area contributed by atoms with Crippen molar-refractivity contribution in [2.75, 3.05) is 0 Å².